The second-order valence-corrected chi connectivity index (χ2v) is 9.24. The zero-order valence-corrected chi connectivity index (χ0v) is 20.8. The van der Waals surface area contributed by atoms with E-state index in [4.69, 9.17) is 9.72 Å². The molecule has 10 nitrogen and oxygen atoms in total. The number of rotatable bonds is 6. The molecule has 1 fully saturated rings. The van der Waals surface area contributed by atoms with Crippen LogP contribution in [0.2, 0.25) is 0 Å². The van der Waals surface area contributed by atoms with Crippen molar-refractivity contribution in [2.75, 3.05) is 7.11 Å². The number of alkyl halides is 3. The number of ether oxygens (including phenoxy) is 1. The van der Waals surface area contributed by atoms with Crippen molar-refractivity contribution in [2.45, 2.75) is 31.5 Å². The van der Waals surface area contributed by atoms with Crippen molar-refractivity contribution >= 4 is 11.0 Å². The van der Waals surface area contributed by atoms with Gasteiger partial charge in [-0.3, -0.25) is 14.3 Å². The average molecular weight is 535 g/mol. The van der Waals surface area contributed by atoms with Crippen LogP contribution >= 0.6 is 0 Å². The fourth-order valence-corrected chi connectivity index (χ4v) is 4.44. The maximum absolute atomic E-state index is 13.1. The van der Waals surface area contributed by atoms with Gasteiger partial charge in [-0.2, -0.15) is 13.2 Å². The van der Waals surface area contributed by atoms with E-state index in [0.717, 1.165) is 24.7 Å². The molecule has 1 aliphatic carbocycles. The van der Waals surface area contributed by atoms with E-state index in [1.165, 1.54) is 41.9 Å². The zero-order valence-electron chi connectivity index (χ0n) is 20.8. The number of fused-ring (bicyclic) bond motifs is 1. The normalized spacial score (nSPS) is 13.7. The lowest BCUT2D eigenvalue weighted by atomic mass is 10.1. The molecule has 5 aromatic heterocycles. The van der Waals surface area contributed by atoms with Gasteiger partial charge in [-0.1, -0.05) is 0 Å². The summed E-state index contributed by atoms with van der Waals surface area (Å²) in [4.78, 5) is 38.9. The molecule has 0 bridgehead atoms. The van der Waals surface area contributed by atoms with Crippen LogP contribution in [-0.2, 0) is 19.8 Å². The van der Waals surface area contributed by atoms with Crippen molar-refractivity contribution in [1.29, 1.82) is 0 Å². The molecule has 0 amide bonds. The fourth-order valence-electron chi connectivity index (χ4n) is 4.44. The number of methoxy groups -OCH3 is 1. The standard InChI is InChI=1S/C26H21F3N8O2/c1-36-12-18(26(27,28)29)34-23(36)15-5-7-17(30-9-15)11-37-19(38)8-6-16-10-31-22(35-24(16)37)20-21(14-3-4-14)32-13-33-25(20)39-2/h5-10,12-14H,3-4,11H2,1-2H3. The molecule has 0 atom stereocenters. The Morgan fingerprint density at radius 3 is 2.51 bits per heavy atom. The number of imidazole rings is 1. The molecule has 0 aromatic carbocycles. The Labute approximate surface area is 219 Å². The number of aromatic nitrogens is 8. The molecule has 0 unspecified atom stereocenters. The van der Waals surface area contributed by atoms with Gasteiger partial charge >= 0.3 is 6.18 Å². The maximum Gasteiger partial charge on any atom is 0.434 e. The lowest BCUT2D eigenvalue weighted by Crippen LogP contribution is -2.21. The van der Waals surface area contributed by atoms with Crippen molar-refractivity contribution in [2.24, 2.45) is 7.05 Å². The first-order chi connectivity index (χ1) is 18.7. The molecular weight excluding hydrogens is 513 g/mol. The van der Waals surface area contributed by atoms with E-state index in [1.54, 1.807) is 24.4 Å². The largest absolute Gasteiger partial charge is 0.480 e. The summed E-state index contributed by atoms with van der Waals surface area (Å²) < 4.78 is 47.4. The first-order valence-electron chi connectivity index (χ1n) is 12.0. The topological polar surface area (TPSA) is 114 Å². The molecule has 198 valence electrons. The lowest BCUT2D eigenvalue weighted by molar-refractivity contribution is -0.140. The molecule has 0 radical (unpaired) electrons. The van der Waals surface area contributed by atoms with E-state index >= 15 is 0 Å². The maximum atomic E-state index is 13.1. The van der Waals surface area contributed by atoms with Crippen LogP contribution in [0.5, 0.6) is 5.88 Å². The number of halogens is 3. The molecule has 0 saturated heterocycles. The Kier molecular flexibility index (Phi) is 5.85. The highest BCUT2D eigenvalue weighted by Crippen LogP contribution is 2.44. The van der Waals surface area contributed by atoms with Gasteiger partial charge in [0.2, 0.25) is 5.88 Å². The number of aryl methyl sites for hydroxylation is 1. The molecule has 13 heteroatoms. The van der Waals surface area contributed by atoms with E-state index in [-0.39, 0.29) is 23.8 Å². The van der Waals surface area contributed by atoms with Crippen LogP contribution in [-0.4, -0.2) is 46.1 Å². The van der Waals surface area contributed by atoms with Crippen LogP contribution < -0.4 is 10.3 Å². The predicted molar refractivity (Wildman–Crippen MR) is 134 cm³/mol. The summed E-state index contributed by atoms with van der Waals surface area (Å²) in [5.74, 6) is 1.12. The molecule has 1 aliphatic rings. The summed E-state index contributed by atoms with van der Waals surface area (Å²) in [7, 11) is 3.00. The van der Waals surface area contributed by atoms with Gasteiger partial charge in [0.25, 0.3) is 5.56 Å². The fraction of sp³-hybridized carbons (Fsp3) is 0.269. The van der Waals surface area contributed by atoms with Crippen molar-refractivity contribution < 1.29 is 17.9 Å². The molecule has 0 spiro atoms. The first kappa shape index (κ1) is 24.6. The Morgan fingerprint density at radius 1 is 1.03 bits per heavy atom. The van der Waals surface area contributed by atoms with E-state index in [0.29, 0.717) is 39.6 Å². The van der Waals surface area contributed by atoms with Gasteiger partial charge in [-0.25, -0.2) is 24.9 Å². The first-order valence-corrected chi connectivity index (χ1v) is 12.0. The van der Waals surface area contributed by atoms with Crippen LogP contribution in [0, 0.1) is 0 Å². The second kappa shape index (κ2) is 9.26. The van der Waals surface area contributed by atoms with Crippen LogP contribution in [0.25, 0.3) is 33.8 Å². The van der Waals surface area contributed by atoms with E-state index in [1.807, 2.05) is 0 Å². The van der Waals surface area contributed by atoms with Crippen molar-refractivity contribution in [3.05, 3.63) is 76.6 Å². The minimum absolute atomic E-state index is 0.0825. The van der Waals surface area contributed by atoms with Gasteiger partial charge in [0.15, 0.2) is 11.5 Å². The second-order valence-electron chi connectivity index (χ2n) is 9.24. The zero-order chi connectivity index (χ0) is 27.3. The SMILES string of the molecule is COc1ncnc(C2CC2)c1-c1ncc2ccc(=O)n(Cc3ccc(-c4nc(C(F)(F)F)cn4C)cn3)c2n1. The third-order valence-electron chi connectivity index (χ3n) is 6.52. The third-order valence-corrected chi connectivity index (χ3v) is 6.52. The van der Waals surface area contributed by atoms with Gasteiger partial charge in [-0.05, 0) is 31.0 Å². The highest BCUT2D eigenvalue weighted by molar-refractivity contribution is 5.78. The average Bonchev–Trinajstić information content (AvgIpc) is 3.70. The minimum Gasteiger partial charge on any atom is -0.480 e. The molecule has 6 rings (SSSR count). The van der Waals surface area contributed by atoms with Gasteiger partial charge in [-0.15, -0.1) is 0 Å². The van der Waals surface area contributed by atoms with Crippen molar-refractivity contribution in [3.63, 3.8) is 0 Å². The molecule has 0 N–H and O–H groups in total. The number of hydrogen-bond acceptors (Lipinski definition) is 8. The summed E-state index contributed by atoms with van der Waals surface area (Å²) >= 11 is 0. The third kappa shape index (κ3) is 4.60. The van der Waals surface area contributed by atoms with Crippen LogP contribution in [0.1, 0.15) is 35.8 Å². The lowest BCUT2D eigenvalue weighted by Gasteiger charge is -2.13. The van der Waals surface area contributed by atoms with Crippen LogP contribution in [0.4, 0.5) is 13.2 Å². The smallest absolute Gasteiger partial charge is 0.434 e. The van der Waals surface area contributed by atoms with Gasteiger partial charge in [0.1, 0.15) is 23.4 Å². The Balaban J connectivity index is 1.38. The predicted octanol–water partition coefficient (Wildman–Crippen LogP) is 4.00. The Hall–Kier alpha value is -4.68. The van der Waals surface area contributed by atoms with Gasteiger partial charge in [0, 0.05) is 48.6 Å². The van der Waals surface area contributed by atoms with Gasteiger partial charge < -0.3 is 9.30 Å². The molecule has 39 heavy (non-hydrogen) atoms. The van der Waals surface area contributed by atoms with Crippen molar-refractivity contribution in [1.82, 2.24) is 39.0 Å². The minimum atomic E-state index is -4.55. The molecule has 5 heterocycles. The highest BCUT2D eigenvalue weighted by Gasteiger charge is 2.34. The quantitative estimate of drug-likeness (QED) is 0.321. The molecule has 0 aliphatic heterocycles. The Bertz CT molecular complexity index is 1760. The summed E-state index contributed by atoms with van der Waals surface area (Å²) in [6, 6.07) is 6.34. The van der Waals surface area contributed by atoms with Gasteiger partial charge in [0.05, 0.1) is 25.0 Å². The summed E-state index contributed by atoms with van der Waals surface area (Å²) in [6.07, 6.45) is 2.91. The highest BCUT2D eigenvalue weighted by atomic mass is 19.4. The summed E-state index contributed by atoms with van der Waals surface area (Å²) in [5, 5.41) is 0.645. The van der Waals surface area contributed by atoms with E-state index in [2.05, 4.69) is 24.9 Å². The molecular formula is C26H21F3N8O2. The summed E-state index contributed by atoms with van der Waals surface area (Å²) in [5.41, 5.74) is 1.45. The van der Waals surface area contributed by atoms with Crippen LogP contribution in [0.15, 0.2) is 54.0 Å². The summed E-state index contributed by atoms with van der Waals surface area (Å²) in [6.45, 7) is 0.0825. The van der Waals surface area contributed by atoms with Crippen LogP contribution in [0.3, 0.4) is 0 Å². The van der Waals surface area contributed by atoms with E-state index < -0.39 is 11.9 Å². The van der Waals surface area contributed by atoms with E-state index in [9.17, 15) is 18.0 Å². The van der Waals surface area contributed by atoms with Crippen molar-refractivity contribution in [3.8, 4) is 28.7 Å². The number of hydrogen-bond donors (Lipinski definition) is 0. The monoisotopic (exact) mass is 534 g/mol. The Morgan fingerprint density at radius 2 is 1.85 bits per heavy atom. The molecule has 5 aromatic rings. The number of nitrogens with zero attached hydrogens (tertiary/aromatic N) is 8. The number of pyridine rings is 2. The molecule has 1 saturated carbocycles.